The third-order valence-corrected chi connectivity index (χ3v) is 3.19. The van der Waals surface area contributed by atoms with E-state index in [0.717, 1.165) is 0 Å². The minimum Gasteiger partial charge on any atom is -0.270 e. The summed E-state index contributed by atoms with van der Waals surface area (Å²) in [5, 5.41) is 5.66. The Bertz CT molecular complexity index is 655. The zero-order valence-corrected chi connectivity index (χ0v) is 10.6. The summed E-state index contributed by atoms with van der Waals surface area (Å²) in [6.45, 7) is 2.23. The van der Waals surface area contributed by atoms with Gasteiger partial charge in [0.15, 0.2) is 16.8 Å². The highest BCUT2D eigenvalue weighted by Crippen LogP contribution is 2.26. The third-order valence-electron chi connectivity index (χ3n) is 2.21. The topological polar surface area (TPSA) is 63.6 Å². The van der Waals surface area contributed by atoms with Crippen molar-refractivity contribution in [3.63, 3.8) is 0 Å². The molecule has 2 aromatic rings. The molecule has 0 aromatic carbocycles. The van der Waals surface area contributed by atoms with E-state index in [9.17, 15) is 18.0 Å². The van der Waals surface area contributed by atoms with Crippen LogP contribution in [0.5, 0.6) is 0 Å². The highest BCUT2D eigenvalue weighted by Gasteiger charge is 2.16. The number of hydrogen-bond acceptors (Lipinski definition) is 4. The van der Waals surface area contributed by atoms with Gasteiger partial charge in [-0.15, -0.1) is 5.10 Å². The first-order valence-electron chi connectivity index (χ1n) is 5.37. The van der Waals surface area contributed by atoms with Crippen molar-refractivity contribution in [3.8, 4) is 0 Å². The lowest BCUT2D eigenvalue weighted by Gasteiger charge is -2.04. The Balaban J connectivity index is 2.36. The number of halogens is 3. The van der Waals surface area contributed by atoms with Gasteiger partial charge in [-0.3, -0.25) is 4.57 Å². The molecule has 0 saturated carbocycles. The van der Waals surface area contributed by atoms with Gasteiger partial charge in [0.25, 0.3) is 0 Å². The van der Waals surface area contributed by atoms with Gasteiger partial charge in [-0.2, -0.15) is 4.39 Å². The van der Waals surface area contributed by atoms with Crippen LogP contribution in [0.15, 0.2) is 21.0 Å². The summed E-state index contributed by atoms with van der Waals surface area (Å²) >= 11 is 0.652. The molecule has 0 aliphatic rings. The van der Waals surface area contributed by atoms with Crippen LogP contribution >= 0.6 is 11.8 Å². The predicted molar refractivity (Wildman–Crippen MR) is 61.4 cm³/mol. The Morgan fingerprint density at radius 3 is 2.79 bits per heavy atom. The van der Waals surface area contributed by atoms with Crippen LogP contribution in [-0.2, 0) is 6.54 Å². The molecule has 0 amide bonds. The molecule has 2 rings (SSSR count). The molecule has 0 atom stereocenters. The molecule has 0 bridgehead atoms. The fourth-order valence-electron chi connectivity index (χ4n) is 1.39. The summed E-state index contributed by atoms with van der Waals surface area (Å²) in [4.78, 5) is 14.6. The molecule has 0 spiro atoms. The Morgan fingerprint density at radius 2 is 2.11 bits per heavy atom. The van der Waals surface area contributed by atoms with E-state index in [2.05, 4.69) is 15.2 Å². The maximum atomic E-state index is 13.4. The van der Waals surface area contributed by atoms with Crippen LogP contribution in [-0.4, -0.2) is 19.7 Å². The van der Waals surface area contributed by atoms with E-state index < -0.39 is 23.3 Å². The Hall–Kier alpha value is -1.77. The van der Waals surface area contributed by atoms with Crippen LogP contribution in [0, 0.1) is 17.6 Å². The molecule has 9 heteroatoms. The maximum Gasteiger partial charge on any atom is 0.343 e. The second-order valence-corrected chi connectivity index (χ2v) is 4.57. The Labute approximate surface area is 109 Å². The van der Waals surface area contributed by atoms with Gasteiger partial charge in [-0.25, -0.2) is 23.7 Å². The van der Waals surface area contributed by atoms with Crippen molar-refractivity contribution in [1.82, 2.24) is 19.7 Å². The molecule has 102 valence electrons. The van der Waals surface area contributed by atoms with Crippen LogP contribution in [0.4, 0.5) is 13.2 Å². The van der Waals surface area contributed by atoms with Crippen molar-refractivity contribution < 1.29 is 13.2 Å². The average Bonchev–Trinajstić information content (AvgIpc) is 2.69. The summed E-state index contributed by atoms with van der Waals surface area (Å²) in [5.74, 6) is -3.78. The summed E-state index contributed by atoms with van der Waals surface area (Å²) in [7, 11) is 0. The lowest BCUT2D eigenvalue weighted by Crippen LogP contribution is -2.17. The number of rotatable bonds is 4. The Kier molecular flexibility index (Phi) is 3.93. The molecular formula is C10H9F3N4OS. The number of aromatic amines is 1. The van der Waals surface area contributed by atoms with Crippen molar-refractivity contribution >= 4 is 11.8 Å². The number of H-pyrrole nitrogens is 1. The summed E-state index contributed by atoms with van der Waals surface area (Å²) < 4.78 is 40.4. The van der Waals surface area contributed by atoms with Gasteiger partial charge in [-0.05, 0) is 18.2 Å². The van der Waals surface area contributed by atoms with Gasteiger partial charge < -0.3 is 0 Å². The predicted octanol–water partition coefficient (Wildman–Crippen LogP) is 1.94. The fraction of sp³-hybridized carbons (Fsp3) is 0.300. The number of nitrogens with one attached hydrogen (secondary N) is 1. The van der Waals surface area contributed by atoms with Crippen molar-refractivity contribution in [3.05, 3.63) is 34.1 Å². The van der Waals surface area contributed by atoms with Gasteiger partial charge in [0, 0.05) is 12.6 Å². The highest BCUT2D eigenvalue weighted by molar-refractivity contribution is 7.99. The van der Waals surface area contributed by atoms with Gasteiger partial charge in [0.2, 0.25) is 5.95 Å². The molecule has 2 heterocycles. The molecule has 0 aliphatic heterocycles. The summed E-state index contributed by atoms with van der Waals surface area (Å²) in [6.07, 6.45) is 0.667. The minimum absolute atomic E-state index is 0.143. The van der Waals surface area contributed by atoms with Gasteiger partial charge in [-0.1, -0.05) is 6.92 Å². The monoisotopic (exact) mass is 290 g/mol. The van der Waals surface area contributed by atoms with Crippen LogP contribution in [0.1, 0.15) is 13.3 Å². The smallest absolute Gasteiger partial charge is 0.270 e. The number of aromatic nitrogens is 4. The van der Waals surface area contributed by atoms with E-state index in [1.54, 1.807) is 0 Å². The van der Waals surface area contributed by atoms with E-state index in [1.165, 1.54) is 4.57 Å². The zero-order chi connectivity index (χ0) is 14.0. The molecule has 0 radical (unpaired) electrons. The molecular weight excluding hydrogens is 281 g/mol. The molecule has 0 fully saturated rings. The number of hydrogen-bond donors (Lipinski definition) is 1. The van der Waals surface area contributed by atoms with E-state index in [4.69, 9.17) is 0 Å². The van der Waals surface area contributed by atoms with Crippen LogP contribution in [0.3, 0.4) is 0 Å². The molecule has 0 saturated heterocycles. The molecule has 5 nitrogen and oxygen atoms in total. The summed E-state index contributed by atoms with van der Waals surface area (Å²) in [5.41, 5.74) is -0.452. The Morgan fingerprint density at radius 1 is 1.37 bits per heavy atom. The first-order chi connectivity index (χ1) is 9.02. The van der Waals surface area contributed by atoms with Crippen molar-refractivity contribution in [1.29, 1.82) is 0 Å². The van der Waals surface area contributed by atoms with E-state index in [1.807, 2.05) is 6.92 Å². The highest BCUT2D eigenvalue weighted by atomic mass is 32.2. The lowest BCUT2D eigenvalue weighted by molar-refractivity contribution is 0.447. The molecule has 0 aliphatic carbocycles. The quantitative estimate of drug-likeness (QED) is 0.874. The van der Waals surface area contributed by atoms with Crippen LogP contribution < -0.4 is 5.69 Å². The van der Waals surface area contributed by atoms with Gasteiger partial charge in [0.05, 0.1) is 0 Å². The molecule has 1 N–H and O–H groups in total. The maximum absolute atomic E-state index is 13.4. The van der Waals surface area contributed by atoms with Crippen molar-refractivity contribution in [2.75, 3.05) is 0 Å². The van der Waals surface area contributed by atoms with Gasteiger partial charge in [0.1, 0.15) is 5.03 Å². The molecule has 0 unspecified atom stereocenters. The van der Waals surface area contributed by atoms with E-state index in [-0.39, 0.29) is 10.2 Å². The van der Waals surface area contributed by atoms with E-state index in [0.29, 0.717) is 30.8 Å². The minimum atomic E-state index is -1.40. The first kappa shape index (κ1) is 13.7. The van der Waals surface area contributed by atoms with E-state index >= 15 is 0 Å². The number of nitrogens with zero attached hydrogens (tertiary/aromatic N) is 3. The number of pyridine rings is 1. The van der Waals surface area contributed by atoms with Crippen LogP contribution in [0.25, 0.3) is 0 Å². The van der Waals surface area contributed by atoms with Crippen molar-refractivity contribution in [2.24, 2.45) is 0 Å². The second-order valence-electron chi connectivity index (χ2n) is 3.61. The standard InChI is InChI=1S/C10H9F3N4OS/c1-2-3-17-9(18)15-16-10(17)19-8-6(12)4-5(11)7(13)14-8/h4H,2-3H2,1H3,(H,15,18). The molecule has 19 heavy (non-hydrogen) atoms. The van der Waals surface area contributed by atoms with Gasteiger partial charge >= 0.3 is 5.69 Å². The lowest BCUT2D eigenvalue weighted by atomic mass is 10.4. The fourth-order valence-corrected chi connectivity index (χ4v) is 2.22. The van der Waals surface area contributed by atoms with Crippen LogP contribution in [0.2, 0.25) is 0 Å². The normalized spacial score (nSPS) is 10.9. The first-order valence-corrected chi connectivity index (χ1v) is 6.19. The molecule has 2 aromatic heterocycles. The summed E-state index contributed by atoms with van der Waals surface area (Å²) in [6, 6.07) is 0.402. The average molecular weight is 290 g/mol. The SMILES string of the molecule is CCCn1c(Sc2nc(F)c(F)cc2F)n[nH]c1=O. The second kappa shape index (κ2) is 5.47. The zero-order valence-electron chi connectivity index (χ0n) is 9.78. The third kappa shape index (κ3) is 2.80. The van der Waals surface area contributed by atoms with Crippen molar-refractivity contribution in [2.45, 2.75) is 30.1 Å². The largest absolute Gasteiger partial charge is 0.343 e.